The molecular formula is C28H18BrN. The first-order chi connectivity index (χ1) is 14.8. The molecule has 6 aromatic rings. The summed E-state index contributed by atoms with van der Waals surface area (Å²) in [5.41, 5.74) is 6.06. The van der Waals surface area contributed by atoms with Gasteiger partial charge in [-0.1, -0.05) is 101 Å². The van der Waals surface area contributed by atoms with Crippen LogP contribution >= 0.6 is 15.9 Å². The molecule has 1 heterocycles. The molecule has 0 amide bonds. The van der Waals surface area contributed by atoms with Gasteiger partial charge in [0.2, 0.25) is 0 Å². The van der Waals surface area contributed by atoms with E-state index in [1.807, 2.05) is 0 Å². The van der Waals surface area contributed by atoms with Gasteiger partial charge in [0, 0.05) is 26.3 Å². The van der Waals surface area contributed by atoms with Crippen molar-refractivity contribution in [3.8, 4) is 16.8 Å². The zero-order chi connectivity index (χ0) is 20.1. The number of fused-ring (bicyclic) bond motifs is 5. The second-order valence-corrected chi connectivity index (χ2v) is 8.43. The molecule has 0 aliphatic rings. The summed E-state index contributed by atoms with van der Waals surface area (Å²) in [5.74, 6) is 0. The molecular weight excluding hydrogens is 430 g/mol. The molecule has 1 aromatic heterocycles. The first-order valence-electron chi connectivity index (χ1n) is 10.1. The Morgan fingerprint density at radius 1 is 0.567 bits per heavy atom. The van der Waals surface area contributed by atoms with Crippen LogP contribution in [0.4, 0.5) is 0 Å². The molecule has 0 spiro atoms. The SMILES string of the molecule is Brc1cc(-c2ccccc2)cc2c1c1ccc3ccccc3c1n2-c1ccccc1. The highest BCUT2D eigenvalue weighted by molar-refractivity contribution is 9.10. The predicted molar refractivity (Wildman–Crippen MR) is 131 cm³/mol. The van der Waals surface area contributed by atoms with Crippen molar-refractivity contribution in [1.82, 2.24) is 4.57 Å². The quantitative estimate of drug-likeness (QED) is 0.251. The summed E-state index contributed by atoms with van der Waals surface area (Å²) in [6.07, 6.45) is 0. The molecule has 0 bridgehead atoms. The van der Waals surface area contributed by atoms with Gasteiger partial charge in [0.05, 0.1) is 11.0 Å². The van der Waals surface area contributed by atoms with Crippen LogP contribution in [0.15, 0.2) is 114 Å². The molecule has 2 heteroatoms. The van der Waals surface area contributed by atoms with Gasteiger partial charge in [-0.15, -0.1) is 0 Å². The van der Waals surface area contributed by atoms with E-state index >= 15 is 0 Å². The fourth-order valence-corrected chi connectivity index (χ4v) is 5.16. The minimum absolute atomic E-state index is 1.12. The fraction of sp³-hybridized carbons (Fsp3) is 0. The van der Waals surface area contributed by atoms with Crippen LogP contribution in [-0.2, 0) is 0 Å². The van der Waals surface area contributed by atoms with Crippen LogP contribution in [0.1, 0.15) is 0 Å². The number of aromatic nitrogens is 1. The lowest BCUT2D eigenvalue weighted by atomic mass is 10.0. The monoisotopic (exact) mass is 447 g/mol. The first kappa shape index (κ1) is 17.5. The molecule has 0 radical (unpaired) electrons. The lowest BCUT2D eigenvalue weighted by Gasteiger charge is -2.11. The molecule has 0 atom stereocenters. The maximum absolute atomic E-state index is 3.90. The van der Waals surface area contributed by atoms with Gasteiger partial charge < -0.3 is 4.57 Å². The van der Waals surface area contributed by atoms with E-state index < -0.39 is 0 Å². The highest BCUT2D eigenvalue weighted by Crippen LogP contribution is 2.41. The van der Waals surface area contributed by atoms with Crippen molar-refractivity contribution in [1.29, 1.82) is 0 Å². The van der Waals surface area contributed by atoms with E-state index in [4.69, 9.17) is 0 Å². The Morgan fingerprint density at radius 2 is 1.27 bits per heavy atom. The molecule has 0 aliphatic carbocycles. The van der Waals surface area contributed by atoms with Gasteiger partial charge >= 0.3 is 0 Å². The first-order valence-corrected chi connectivity index (χ1v) is 10.9. The van der Waals surface area contributed by atoms with Crippen LogP contribution in [0, 0.1) is 0 Å². The normalized spacial score (nSPS) is 11.5. The maximum Gasteiger partial charge on any atom is 0.0619 e. The van der Waals surface area contributed by atoms with Crippen molar-refractivity contribution in [3.05, 3.63) is 114 Å². The second kappa shape index (κ2) is 6.86. The minimum Gasteiger partial charge on any atom is -0.309 e. The van der Waals surface area contributed by atoms with E-state index in [2.05, 4.69) is 130 Å². The Kier molecular flexibility index (Phi) is 4.00. The average molecular weight is 448 g/mol. The Hall–Kier alpha value is -3.36. The molecule has 142 valence electrons. The van der Waals surface area contributed by atoms with Crippen LogP contribution < -0.4 is 0 Å². The van der Waals surface area contributed by atoms with Crippen LogP contribution in [-0.4, -0.2) is 4.57 Å². The molecule has 6 rings (SSSR count). The van der Waals surface area contributed by atoms with Gasteiger partial charge in [-0.25, -0.2) is 0 Å². The summed E-state index contributed by atoms with van der Waals surface area (Å²) < 4.78 is 3.53. The third-order valence-electron chi connectivity index (χ3n) is 5.83. The Bertz CT molecular complexity index is 1530. The van der Waals surface area contributed by atoms with Gasteiger partial charge in [-0.3, -0.25) is 0 Å². The van der Waals surface area contributed by atoms with Crippen LogP contribution in [0.3, 0.4) is 0 Å². The number of para-hydroxylation sites is 1. The van der Waals surface area contributed by atoms with Crippen molar-refractivity contribution in [3.63, 3.8) is 0 Å². The predicted octanol–water partition coefficient (Wildman–Crippen LogP) is 8.37. The summed E-state index contributed by atoms with van der Waals surface area (Å²) in [6, 6.07) is 38.9. The van der Waals surface area contributed by atoms with Gasteiger partial charge in [0.25, 0.3) is 0 Å². The molecule has 30 heavy (non-hydrogen) atoms. The molecule has 0 N–H and O–H groups in total. The summed E-state index contributed by atoms with van der Waals surface area (Å²) in [7, 11) is 0. The summed E-state index contributed by atoms with van der Waals surface area (Å²) >= 11 is 3.90. The number of benzene rings is 5. The molecule has 5 aromatic carbocycles. The van der Waals surface area contributed by atoms with Crippen molar-refractivity contribution in [2.75, 3.05) is 0 Å². The number of halogens is 1. The van der Waals surface area contributed by atoms with Gasteiger partial charge in [-0.05, 0) is 40.8 Å². The van der Waals surface area contributed by atoms with Gasteiger partial charge in [-0.2, -0.15) is 0 Å². The van der Waals surface area contributed by atoms with E-state index in [0.29, 0.717) is 0 Å². The maximum atomic E-state index is 3.90. The molecule has 0 unspecified atom stereocenters. The summed E-state index contributed by atoms with van der Waals surface area (Å²) in [6.45, 7) is 0. The molecule has 0 saturated carbocycles. The molecule has 0 saturated heterocycles. The second-order valence-electron chi connectivity index (χ2n) is 7.57. The van der Waals surface area contributed by atoms with Crippen molar-refractivity contribution >= 4 is 48.5 Å². The van der Waals surface area contributed by atoms with Crippen LogP contribution in [0.2, 0.25) is 0 Å². The zero-order valence-electron chi connectivity index (χ0n) is 16.2. The van der Waals surface area contributed by atoms with Crippen molar-refractivity contribution < 1.29 is 0 Å². The van der Waals surface area contributed by atoms with E-state index in [0.717, 1.165) is 4.47 Å². The number of rotatable bonds is 2. The highest BCUT2D eigenvalue weighted by atomic mass is 79.9. The topological polar surface area (TPSA) is 4.93 Å². The van der Waals surface area contributed by atoms with E-state index in [1.165, 1.54) is 49.4 Å². The largest absolute Gasteiger partial charge is 0.309 e. The number of nitrogens with zero attached hydrogens (tertiary/aromatic N) is 1. The number of hydrogen-bond acceptors (Lipinski definition) is 0. The lowest BCUT2D eigenvalue weighted by molar-refractivity contribution is 1.19. The fourth-order valence-electron chi connectivity index (χ4n) is 4.50. The molecule has 0 aliphatic heterocycles. The Balaban J connectivity index is 1.84. The molecule has 0 fully saturated rings. The van der Waals surface area contributed by atoms with Crippen LogP contribution in [0.5, 0.6) is 0 Å². The third-order valence-corrected chi connectivity index (χ3v) is 6.45. The third kappa shape index (κ3) is 2.61. The van der Waals surface area contributed by atoms with Crippen molar-refractivity contribution in [2.24, 2.45) is 0 Å². The van der Waals surface area contributed by atoms with Crippen LogP contribution in [0.25, 0.3) is 49.4 Å². The average Bonchev–Trinajstić information content (AvgIpc) is 3.15. The smallest absolute Gasteiger partial charge is 0.0619 e. The van der Waals surface area contributed by atoms with E-state index in [9.17, 15) is 0 Å². The summed E-state index contributed by atoms with van der Waals surface area (Å²) in [5, 5.41) is 5.03. The van der Waals surface area contributed by atoms with E-state index in [1.54, 1.807) is 0 Å². The highest BCUT2D eigenvalue weighted by Gasteiger charge is 2.18. The van der Waals surface area contributed by atoms with Gasteiger partial charge in [0.1, 0.15) is 0 Å². The Morgan fingerprint density at radius 3 is 2.07 bits per heavy atom. The van der Waals surface area contributed by atoms with Crippen molar-refractivity contribution in [2.45, 2.75) is 0 Å². The van der Waals surface area contributed by atoms with Gasteiger partial charge in [0.15, 0.2) is 0 Å². The zero-order valence-corrected chi connectivity index (χ0v) is 17.8. The Labute approximate surface area is 183 Å². The summed E-state index contributed by atoms with van der Waals surface area (Å²) in [4.78, 5) is 0. The number of hydrogen-bond donors (Lipinski definition) is 0. The minimum atomic E-state index is 1.12. The molecule has 1 nitrogen and oxygen atoms in total. The van der Waals surface area contributed by atoms with E-state index in [-0.39, 0.29) is 0 Å². The standard InChI is InChI=1S/C28H18BrN/c29-25-17-21(19-9-3-1-4-10-19)18-26-27(25)24-16-15-20-11-7-8-14-23(20)28(24)30(26)22-12-5-2-6-13-22/h1-18H. The lowest BCUT2D eigenvalue weighted by Crippen LogP contribution is -1.94.